The van der Waals surface area contributed by atoms with Crippen LogP contribution in [0.5, 0.6) is 0 Å². The number of benzene rings is 1. The number of rotatable bonds is 5. The summed E-state index contributed by atoms with van der Waals surface area (Å²) in [5, 5.41) is 17.2. The minimum Gasteiger partial charge on any atom is -0.394 e. The van der Waals surface area contributed by atoms with Crippen LogP contribution in [-0.4, -0.2) is 37.9 Å². The summed E-state index contributed by atoms with van der Waals surface area (Å²) in [6.07, 6.45) is -1.24. The fourth-order valence-corrected chi connectivity index (χ4v) is 2.44. The highest BCUT2D eigenvalue weighted by Gasteiger charge is 2.21. The van der Waals surface area contributed by atoms with Gasteiger partial charge in [-0.15, -0.1) is 0 Å². The van der Waals surface area contributed by atoms with E-state index in [0.29, 0.717) is 0 Å². The summed E-state index contributed by atoms with van der Waals surface area (Å²) in [6, 6.07) is 3.57. The summed E-state index contributed by atoms with van der Waals surface area (Å²) in [5.41, 5.74) is 0. The van der Waals surface area contributed by atoms with Gasteiger partial charge in [-0.3, -0.25) is 0 Å². The molecule has 0 saturated heterocycles. The highest BCUT2D eigenvalue weighted by atomic mass is 35.5. The monoisotopic (exact) mass is 283 g/mol. The number of hydrogen-bond acceptors (Lipinski definition) is 4. The average molecular weight is 284 g/mol. The molecule has 0 radical (unpaired) electrons. The molecular formula is C9H11ClFNO4S. The molecule has 0 aliphatic heterocycles. The highest BCUT2D eigenvalue weighted by Crippen LogP contribution is 2.21. The molecule has 0 aliphatic carbocycles. The zero-order valence-corrected chi connectivity index (χ0v) is 10.2. The first-order valence-electron chi connectivity index (χ1n) is 4.61. The number of sulfonamides is 1. The van der Waals surface area contributed by atoms with Gasteiger partial charge in [0.05, 0.1) is 17.7 Å². The normalized spacial score (nSPS) is 13.6. The predicted octanol–water partition coefficient (Wildman–Crippen LogP) is 0.111. The lowest BCUT2D eigenvalue weighted by molar-refractivity contribution is 0.0988. The third kappa shape index (κ3) is 3.62. The Morgan fingerprint density at radius 3 is 2.71 bits per heavy atom. The van der Waals surface area contributed by atoms with E-state index in [2.05, 4.69) is 0 Å². The maximum Gasteiger partial charge on any atom is 0.243 e. The van der Waals surface area contributed by atoms with Crippen molar-refractivity contribution in [3.8, 4) is 0 Å². The van der Waals surface area contributed by atoms with Crippen molar-refractivity contribution < 1.29 is 23.0 Å². The summed E-state index contributed by atoms with van der Waals surface area (Å²) in [7, 11) is -4.10. The largest absolute Gasteiger partial charge is 0.394 e. The Morgan fingerprint density at radius 2 is 2.12 bits per heavy atom. The zero-order chi connectivity index (χ0) is 13.1. The Labute approximate surface area is 103 Å². The molecule has 0 bridgehead atoms. The Morgan fingerprint density at radius 1 is 1.47 bits per heavy atom. The van der Waals surface area contributed by atoms with Gasteiger partial charge in [-0.1, -0.05) is 17.7 Å². The van der Waals surface area contributed by atoms with Crippen molar-refractivity contribution in [3.05, 3.63) is 29.0 Å². The van der Waals surface area contributed by atoms with Gasteiger partial charge >= 0.3 is 0 Å². The Hall–Kier alpha value is -0.730. The highest BCUT2D eigenvalue weighted by molar-refractivity contribution is 7.89. The topological polar surface area (TPSA) is 86.6 Å². The van der Waals surface area contributed by atoms with Gasteiger partial charge < -0.3 is 10.2 Å². The minimum absolute atomic E-state index is 0.310. The second kappa shape index (κ2) is 5.74. The molecule has 1 aromatic carbocycles. The van der Waals surface area contributed by atoms with Crippen molar-refractivity contribution in [1.29, 1.82) is 0 Å². The molecular weight excluding hydrogens is 273 g/mol. The van der Waals surface area contributed by atoms with Crippen molar-refractivity contribution in [3.63, 3.8) is 0 Å². The van der Waals surface area contributed by atoms with Crippen LogP contribution in [0.25, 0.3) is 0 Å². The lowest BCUT2D eigenvalue weighted by Gasteiger charge is -2.10. The third-order valence-corrected chi connectivity index (χ3v) is 3.66. The van der Waals surface area contributed by atoms with Crippen LogP contribution in [0.2, 0.25) is 5.02 Å². The zero-order valence-electron chi connectivity index (χ0n) is 8.60. The molecule has 1 atom stereocenters. The van der Waals surface area contributed by atoms with Crippen LogP contribution in [0.1, 0.15) is 0 Å². The second-order valence-electron chi connectivity index (χ2n) is 3.24. The van der Waals surface area contributed by atoms with E-state index in [9.17, 15) is 12.8 Å². The Bertz CT molecular complexity index is 494. The molecule has 5 nitrogen and oxygen atoms in total. The first-order valence-corrected chi connectivity index (χ1v) is 6.47. The Balaban J connectivity index is 2.94. The molecule has 0 fully saturated rings. The van der Waals surface area contributed by atoms with Crippen LogP contribution in [0, 0.1) is 5.82 Å². The molecule has 1 rings (SSSR count). The quantitative estimate of drug-likeness (QED) is 0.716. The summed E-state index contributed by atoms with van der Waals surface area (Å²) >= 11 is 5.45. The van der Waals surface area contributed by atoms with E-state index in [0.717, 1.165) is 6.07 Å². The van der Waals surface area contributed by atoms with E-state index < -0.39 is 40.0 Å². The molecule has 0 aromatic heterocycles. The summed E-state index contributed by atoms with van der Waals surface area (Å²) in [4.78, 5) is -0.602. The molecule has 96 valence electrons. The average Bonchev–Trinajstić information content (AvgIpc) is 2.29. The van der Waals surface area contributed by atoms with Gasteiger partial charge in [-0.25, -0.2) is 17.5 Å². The van der Waals surface area contributed by atoms with Crippen LogP contribution in [0.3, 0.4) is 0 Å². The van der Waals surface area contributed by atoms with E-state index in [1.54, 1.807) is 0 Å². The first kappa shape index (κ1) is 14.3. The molecule has 0 amide bonds. The molecule has 0 heterocycles. The third-order valence-electron chi connectivity index (χ3n) is 1.93. The number of nitrogens with one attached hydrogen (secondary N) is 1. The molecule has 0 aliphatic rings. The molecule has 8 heteroatoms. The SMILES string of the molecule is O=S(=O)(NCC(O)CO)c1cccc(Cl)c1F. The van der Waals surface area contributed by atoms with Gasteiger partial charge in [0.25, 0.3) is 0 Å². The van der Waals surface area contributed by atoms with Crippen LogP contribution in [0.4, 0.5) is 4.39 Å². The second-order valence-corrected chi connectivity index (χ2v) is 5.38. The van der Waals surface area contributed by atoms with E-state index in [1.807, 2.05) is 4.72 Å². The number of aliphatic hydroxyl groups is 2. The maximum absolute atomic E-state index is 13.4. The first-order chi connectivity index (χ1) is 7.88. The van der Waals surface area contributed by atoms with Crippen LogP contribution in [-0.2, 0) is 10.0 Å². The van der Waals surface area contributed by atoms with E-state index in [1.165, 1.54) is 12.1 Å². The lowest BCUT2D eigenvalue weighted by atomic mass is 10.3. The van der Waals surface area contributed by atoms with Gasteiger partial charge in [0.2, 0.25) is 10.0 Å². The molecule has 3 N–H and O–H groups in total. The summed E-state index contributed by atoms with van der Waals surface area (Å²) in [6.45, 7) is -1.01. The van der Waals surface area contributed by atoms with Gasteiger partial charge in [-0.2, -0.15) is 0 Å². The molecule has 1 unspecified atom stereocenters. The molecule has 0 spiro atoms. The van der Waals surface area contributed by atoms with Gasteiger partial charge in [-0.05, 0) is 12.1 Å². The Kier molecular flexibility index (Phi) is 4.84. The van der Waals surface area contributed by atoms with E-state index in [-0.39, 0.29) is 5.02 Å². The standard InChI is InChI=1S/C9H11ClFNO4S/c10-7-2-1-3-8(9(7)11)17(15,16)12-4-6(14)5-13/h1-3,6,12-14H,4-5H2. The van der Waals surface area contributed by atoms with Gasteiger partial charge in [0.1, 0.15) is 4.90 Å². The van der Waals surface area contributed by atoms with Crippen LogP contribution < -0.4 is 4.72 Å². The van der Waals surface area contributed by atoms with E-state index in [4.69, 9.17) is 21.8 Å². The van der Waals surface area contributed by atoms with Crippen molar-refractivity contribution in [2.24, 2.45) is 0 Å². The maximum atomic E-state index is 13.4. The van der Waals surface area contributed by atoms with Crippen molar-refractivity contribution in [2.45, 2.75) is 11.0 Å². The summed E-state index contributed by atoms with van der Waals surface area (Å²) in [5.74, 6) is -1.06. The van der Waals surface area contributed by atoms with Crippen LogP contribution >= 0.6 is 11.6 Å². The van der Waals surface area contributed by atoms with Crippen molar-refractivity contribution in [2.75, 3.05) is 13.2 Å². The summed E-state index contributed by atoms with van der Waals surface area (Å²) < 4.78 is 38.6. The number of halogens is 2. The van der Waals surface area contributed by atoms with E-state index >= 15 is 0 Å². The predicted molar refractivity (Wildman–Crippen MR) is 59.7 cm³/mol. The fourth-order valence-electron chi connectivity index (χ4n) is 1.04. The smallest absolute Gasteiger partial charge is 0.243 e. The van der Waals surface area contributed by atoms with Crippen molar-refractivity contribution >= 4 is 21.6 Å². The van der Waals surface area contributed by atoms with Crippen LogP contribution in [0.15, 0.2) is 23.1 Å². The molecule has 17 heavy (non-hydrogen) atoms. The van der Waals surface area contributed by atoms with Gasteiger partial charge in [0.15, 0.2) is 5.82 Å². The van der Waals surface area contributed by atoms with Gasteiger partial charge in [0, 0.05) is 6.54 Å². The van der Waals surface area contributed by atoms with Crippen molar-refractivity contribution in [1.82, 2.24) is 4.72 Å². The lowest BCUT2D eigenvalue weighted by Crippen LogP contribution is -2.34. The fraction of sp³-hybridized carbons (Fsp3) is 0.333. The number of aliphatic hydroxyl groups excluding tert-OH is 2. The molecule has 0 saturated carbocycles. The molecule has 1 aromatic rings. The number of hydrogen-bond donors (Lipinski definition) is 3. The minimum atomic E-state index is -4.10.